The van der Waals surface area contributed by atoms with Gasteiger partial charge in [-0.3, -0.25) is 0 Å². The molecule has 0 amide bonds. The monoisotopic (exact) mass is 326 g/mol. The maximum Gasteiger partial charge on any atom is 0.106 e. The summed E-state index contributed by atoms with van der Waals surface area (Å²) in [5.74, 6) is 0. The van der Waals surface area contributed by atoms with Crippen LogP contribution < -0.4 is 11.1 Å². The van der Waals surface area contributed by atoms with Crippen LogP contribution in [0.5, 0.6) is 0 Å². The Morgan fingerprint density at radius 3 is 2.89 bits per heavy atom. The largest absolute Gasteiger partial charge is 0.389 e. The van der Waals surface area contributed by atoms with E-state index in [0.717, 1.165) is 28.6 Å². The second kappa shape index (κ2) is 4.79. The standard InChI is InChI=1S/C13H15BrN2OS/c14-7-1-3-9(13(15)18)10(5-7)16-11-6-8-2-4-12(11)17-8/h1,3,5,8,11-12,16H,2,4,6H2,(H2,15,18). The van der Waals surface area contributed by atoms with Crippen LogP contribution in [0.3, 0.4) is 0 Å². The molecule has 2 fully saturated rings. The van der Waals surface area contributed by atoms with Crippen molar-refractivity contribution < 1.29 is 4.74 Å². The first-order valence-electron chi connectivity index (χ1n) is 6.15. The van der Waals surface area contributed by atoms with Gasteiger partial charge in [0.25, 0.3) is 0 Å². The lowest BCUT2D eigenvalue weighted by Gasteiger charge is -2.23. The van der Waals surface area contributed by atoms with Crippen molar-refractivity contribution in [1.29, 1.82) is 0 Å². The molecular weight excluding hydrogens is 312 g/mol. The van der Waals surface area contributed by atoms with Gasteiger partial charge in [0.2, 0.25) is 0 Å². The number of fused-ring (bicyclic) bond motifs is 2. The minimum Gasteiger partial charge on any atom is -0.389 e. The van der Waals surface area contributed by atoms with Gasteiger partial charge in [-0.2, -0.15) is 0 Å². The van der Waals surface area contributed by atoms with E-state index < -0.39 is 0 Å². The molecule has 0 saturated carbocycles. The average Bonchev–Trinajstić information content (AvgIpc) is 2.90. The van der Waals surface area contributed by atoms with Crippen molar-refractivity contribution in [2.75, 3.05) is 5.32 Å². The SMILES string of the molecule is NC(=S)c1ccc(Br)cc1NC1CC2CCC1O2. The normalized spacial score (nSPS) is 29.5. The lowest BCUT2D eigenvalue weighted by atomic mass is 9.95. The highest BCUT2D eigenvalue weighted by molar-refractivity contribution is 9.10. The van der Waals surface area contributed by atoms with E-state index in [4.69, 9.17) is 22.7 Å². The number of ether oxygens (including phenoxy) is 1. The second-order valence-electron chi connectivity index (χ2n) is 4.91. The first kappa shape index (κ1) is 12.4. The number of hydrogen-bond acceptors (Lipinski definition) is 3. The van der Waals surface area contributed by atoms with Crippen LogP contribution in [0, 0.1) is 0 Å². The van der Waals surface area contributed by atoms with E-state index in [1.54, 1.807) is 0 Å². The topological polar surface area (TPSA) is 47.3 Å². The number of thiocarbonyl (C=S) groups is 1. The quantitative estimate of drug-likeness (QED) is 0.838. The Balaban J connectivity index is 1.83. The maximum atomic E-state index is 5.85. The first-order valence-corrected chi connectivity index (χ1v) is 7.35. The third kappa shape index (κ3) is 2.27. The number of nitrogens with two attached hydrogens (primary N) is 1. The molecule has 2 heterocycles. The van der Waals surface area contributed by atoms with E-state index in [0.29, 0.717) is 23.2 Å². The van der Waals surface area contributed by atoms with E-state index in [-0.39, 0.29) is 0 Å². The Morgan fingerprint density at radius 2 is 2.28 bits per heavy atom. The third-order valence-corrected chi connectivity index (χ3v) is 4.41. The summed E-state index contributed by atoms with van der Waals surface area (Å²) < 4.78 is 6.87. The zero-order valence-electron chi connectivity index (χ0n) is 9.86. The molecule has 0 spiro atoms. The van der Waals surface area contributed by atoms with Gasteiger partial charge in [0.05, 0.1) is 18.2 Å². The molecule has 3 unspecified atom stereocenters. The van der Waals surface area contributed by atoms with Crippen LogP contribution in [-0.2, 0) is 4.74 Å². The first-order chi connectivity index (χ1) is 8.63. The smallest absolute Gasteiger partial charge is 0.106 e. The van der Waals surface area contributed by atoms with E-state index >= 15 is 0 Å². The van der Waals surface area contributed by atoms with Gasteiger partial charge in [-0.25, -0.2) is 0 Å². The van der Waals surface area contributed by atoms with Crippen molar-refractivity contribution >= 4 is 38.8 Å². The van der Waals surface area contributed by atoms with Gasteiger partial charge in [0, 0.05) is 15.7 Å². The Labute approximate surface area is 120 Å². The summed E-state index contributed by atoms with van der Waals surface area (Å²) in [5.41, 5.74) is 7.66. The molecule has 2 bridgehead atoms. The predicted octanol–water partition coefficient (Wildman–Crippen LogP) is 2.82. The van der Waals surface area contributed by atoms with E-state index in [1.165, 1.54) is 6.42 Å². The summed E-state index contributed by atoms with van der Waals surface area (Å²) in [5, 5.41) is 3.54. The third-order valence-electron chi connectivity index (χ3n) is 3.69. The van der Waals surface area contributed by atoms with Gasteiger partial charge in [-0.15, -0.1) is 0 Å². The van der Waals surface area contributed by atoms with Crippen LogP contribution in [0.15, 0.2) is 22.7 Å². The molecule has 2 aliphatic rings. The highest BCUT2D eigenvalue weighted by Crippen LogP contribution is 2.36. The van der Waals surface area contributed by atoms with Crippen molar-refractivity contribution in [1.82, 2.24) is 0 Å². The molecule has 0 aromatic heterocycles. The highest BCUT2D eigenvalue weighted by Gasteiger charge is 2.40. The summed E-state index contributed by atoms with van der Waals surface area (Å²) in [6.07, 6.45) is 4.21. The molecule has 2 aliphatic heterocycles. The van der Waals surface area contributed by atoms with Gasteiger partial charge in [-0.05, 0) is 37.5 Å². The summed E-state index contributed by atoms with van der Waals surface area (Å²) in [6.45, 7) is 0. The minimum absolute atomic E-state index is 0.341. The fraction of sp³-hybridized carbons (Fsp3) is 0.462. The molecule has 3 nitrogen and oxygen atoms in total. The second-order valence-corrected chi connectivity index (χ2v) is 6.27. The average molecular weight is 327 g/mol. The predicted molar refractivity (Wildman–Crippen MR) is 80.0 cm³/mol. The molecule has 0 radical (unpaired) electrons. The number of nitrogens with one attached hydrogen (secondary N) is 1. The summed E-state index contributed by atoms with van der Waals surface area (Å²) in [7, 11) is 0. The summed E-state index contributed by atoms with van der Waals surface area (Å²) >= 11 is 8.57. The van der Waals surface area contributed by atoms with Crippen molar-refractivity contribution in [2.45, 2.75) is 37.5 Å². The molecule has 0 aliphatic carbocycles. The summed E-state index contributed by atoms with van der Waals surface area (Å²) in [4.78, 5) is 0.425. The van der Waals surface area contributed by atoms with Crippen LogP contribution in [0.1, 0.15) is 24.8 Å². The Bertz CT molecular complexity index is 494. The summed E-state index contributed by atoms with van der Waals surface area (Å²) in [6, 6.07) is 6.31. The highest BCUT2D eigenvalue weighted by atomic mass is 79.9. The van der Waals surface area contributed by atoms with Crippen molar-refractivity contribution in [3.63, 3.8) is 0 Å². The van der Waals surface area contributed by atoms with Crippen LogP contribution in [0.25, 0.3) is 0 Å². The Morgan fingerprint density at radius 1 is 1.44 bits per heavy atom. The van der Waals surface area contributed by atoms with E-state index in [9.17, 15) is 0 Å². The maximum absolute atomic E-state index is 5.85. The molecule has 96 valence electrons. The number of halogens is 1. The van der Waals surface area contributed by atoms with Crippen LogP contribution in [0.4, 0.5) is 5.69 Å². The molecular formula is C13H15BrN2OS. The number of rotatable bonds is 3. The molecule has 3 rings (SSSR count). The fourth-order valence-electron chi connectivity index (χ4n) is 2.84. The molecule has 5 heteroatoms. The molecule has 1 aromatic rings. The lowest BCUT2D eigenvalue weighted by Crippen LogP contribution is -2.31. The fourth-order valence-corrected chi connectivity index (χ4v) is 3.38. The number of benzene rings is 1. The van der Waals surface area contributed by atoms with Crippen molar-refractivity contribution in [3.05, 3.63) is 28.2 Å². The van der Waals surface area contributed by atoms with E-state index in [1.807, 2.05) is 18.2 Å². The molecule has 3 N–H and O–H groups in total. The number of anilines is 1. The minimum atomic E-state index is 0.341. The number of hydrogen-bond donors (Lipinski definition) is 2. The van der Waals surface area contributed by atoms with Crippen LogP contribution in [-0.4, -0.2) is 23.2 Å². The van der Waals surface area contributed by atoms with Crippen molar-refractivity contribution in [3.8, 4) is 0 Å². The Kier molecular flexibility index (Phi) is 3.30. The zero-order valence-corrected chi connectivity index (χ0v) is 12.3. The van der Waals surface area contributed by atoms with Gasteiger partial charge >= 0.3 is 0 Å². The van der Waals surface area contributed by atoms with Crippen LogP contribution in [0.2, 0.25) is 0 Å². The Hall–Kier alpha value is -0.650. The van der Waals surface area contributed by atoms with Gasteiger partial charge in [0.15, 0.2) is 0 Å². The van der Waals surface area contributed by atoms with Gasteiger partial charge < -0.3 is 15.8 Å². The van der Waals surface area contributed by atoms with Gasteiger partial charge in [0.1, 0.15) is 4.99 Å². The molecule has 2 saturated heterocycles. The molecule has 3 atom stereocenters. The molecule has 18 heavy (non-hydrogen) atoms. The van der Waals surface area contributed by atoms with Gasteiger partial charge in [-0.1, -0.05) is 28.1 Å². The van der Waals surface area contributed by atoms with E-state index in [2.05, 4.69) is 21.2 Å². The molecule has 1 aromatic carbocycles. The van der Waals surface area contributed by atoms with Crippen LogP contribution >= 0.6 is 28.1 Å². The zero-order chi connectivity index (χ0) is 12.7. The van der Waals surface area contributed by atoms with Crippen molar-refractivity contribution in [2.24, 2.45) is 5.73 Å². The lowest BCUT2D eigenvalue weighted by molar-refractivity contribution is 0.102.